The SMILES string of the molecule is Cc1ccc(C(O)CCCN2CCNCC2)cc1C. The van der Waals surface area contributed by atoms with Gasteiger partial charge in [0.25, 0.3) is 0 Å². The standard InChI is InChI=1S/C16H26N2O/c1-13-5-6-15(12-14(13)2)16(19)4-3-9-18-10-7-17-8-11-18/h5-6,12,16-17,19H,3-4,7-11H2,1-2H3. The summed E-state index contributed by atoms with van der Waals surface area (Å²) < 4.78 is 0. The number of nitrogens with one attached hydrogen (secondary N) is 1. The van der Waals surface area contributed by atoms with Gasteiger partial charge in [0, 0.05) is 26.2 Å². The highest BCUT2D eigenvalue weighted by Gasteiger charge is 2.12. The Morgan fingerprint density at radius 2 is 1.95 bits per heavy atom. The molecular weight excluding hydrogens is 236 g/mol. The number of aliphatic hydroxyl groups is 1. The van der Waals surface area contributed by atoms with Gasteiger partial charge in [-0.3, -0.25) is 0 Å². The van der Waals surface area contributed by atoms with E-state index in [1.54, 1.807) is 0 Å². The van der Waals surface area contributed by atoms with Gasteiger partial charge in [0.05, 0.1) is 6.10 Å². The molecule has 0 aromatic heterocycles. The Bertz CT molecular complexity index is 400. The number of hydrogen-bond acceptors (Lipinski definition) is 3. The van der Waals surface area contributed by atoms with Crippen molar-refractivity contribution in [2.24, 2.45) is 0 Å². The average molecular weight is 262 g/mol. The number of piperazine rings is 1. The average Bonchev–Trinajstić information content (AvgIpc) is 2.43. The van der Waals surface area contributed by atoms with Crippen molar-refractivity contribution in [2.75, 3.05) is 32.7 Å². The Balaban J connectivity index is 1.76. The number of aliphatic hydroxyl groups excluding tert-OH is 1. The van der Waals surface area contributed by atoms with Crippen LogP contribution in [0.3, 0.4) is 0 Å². The molecule has 0 amide bonds. The van der Waals surface area contributed by atoms with E-state index in [2.05, 4.69) is 42.3 Å². The maximum Gasteiger partial charge on any atom is 0.0790 e. The molecule has 2 N–H and O–H groups in total. The summed E-state index contributed by atoms with van der Waals surface area (Å²) in [7, 11) is 0. The third-order valence-corrected chi connectivity index (χ3v) is 4.08. The molecule has 1 aromatic carbocycles. The predicted molar refractivity (Wildman–Crippen MR) is 79.4 cm³/mol. The van der Waals surface area contributed by atoms with Crippen LogP contribution in [0.5, 0.6) is 0 Å². The van der Waals surface area contributed by atoms with Crippen molar-refractivity contribution in [3.8, 4) is 0 Å². The van der Waals surface area contributed by atoms with Crippen molar-refractivity contribution >= 4 is 0 Å². The zero-order valence-corrected chi connectivity index (χ0v) is 12.2. The van der Waals surface area contributed by atoms with Crippen molar-refractivity contribution in [1.29, 1.82) is 0 Å². The molecule has 106 valence electrons. The molecular formula is C16H26N2O. The summed E-state index contributed by atoms with van der Waals surface area (Å²) in [5, 5.41) is 13.6. The monoisotopic (exact) mass is 262 g/mol. The van der Waals surface area contributed by atoms with Gasteiger partial charge in [-0.15, -0.1) is 0 Å². The van der Waals surface area contributed by atoms with Gasteiger partial charge in [-0.05, 0) is 49.9 Å². The van der Waals surface area contributed by atoms with Crippen LogP contribution >= 0.6 is 0 Å². The van der Waals surface area contributed by atoms with Crippen LogP contribution in [0.1, 0.15) is 35.6 Å². The molecule has 1 heterocycles. The van der Waals surface area contributed by atoms with Gasteiger partial charge in [0.15, 0.2) is 0 Å². The molecule has 3 nitrogen and oxygen atoms in total. The maximum absolute atomic E-state index is 10.2. The lowest BCUT2D eigenvalue weighted by Crippen LogP contribution is -2.43. The molecule has 0 saturated carbocycles. The quantitative estimate of drug-likeness (QED) is 0.852. The van der Waals surface area contributed by atoms with E-state index >= 15 is 0 Å². The van der Waals surface area contributed by atoms with Crippen LogP contribution in [0.25, 0.3) is 0 Å². The lowest BCUT2D eigenvalue weighted by molar-refractivity contribution is 0.152. The molecule has 1 fully saturated rings. The lowest BCUT2D eigenvalue weighted by atomic mass is 10.00. The van der Waals surface area contributed by atoms with Crippen molar-refractivity contribution < 1.29 is 5.11 Å². The van der Waals surface area contributed by atoms with E-state index in [-0.39, 0.29) is 6.10 Å². The molecule has 3 heteroatoms. The predicted octanol–water partition coefficient (Wildman–Crippen LogP) is 2.02. The van der Waals surface area contributed by atoms with E-state index in [0.29, 0.717) is 0 Å². The minimum Gasteiger partial charge on any atom is -0.388 e. The van der Waals surface area contributed by atoms with Crippen LogP contribution in [-0.2, 0) is 0 Å². The smallest absolute Gasteiger partial charge is 0.0790 e. The molecule has 1 aliphatic heterocycles. The second kappa shape index (κ2) is 7.04. The van der Waals surface area contributed by atoms with Gasteiger partial charge in [-0.2, -0.15) is 0 Å². The largest absolute Gasteiger partial charge is 0.388 e. The first-order valence-corrected chi connectivity index (χ1v) is 7.35. The van der Waals surface area contributed by atoms with E-state index in [1.807, 2.05) is 0 Å². The highest BCUT2D eigenvalue weighted by atomic mass is 16.3. The normalized spacial score (nSPS) is 18.5. The van der Waals surface area contributed by atoms with E-state index in [9.17, 15) is 5.11 Å². The first-order valence-electron chi connectivity index (χ1n) is 7.35. The van der Waals surface area contributed by atoms with Crippen LogP contribution in [-0.4, -0.2) is 42.7 Å². The Labute approximate surface area is 116 Å². The zero-order valence-electron chi connectivity index (χ0n) is 12.2. The Hall–Kier alpha value is -0.900. The van der Waals surface area contributed by atoms with E-state index in [1.165, 1.54) is 11.1 Å². The van der Waals surface area contributed by atoms with Crippen molar-refractivity contribution in [3.05, 3.63) is 34.9 Å². The Kier molecular flexibility index (Phi) is 5.37. The first-order chi connectivity index (χ1) is 9.16. The summed E-state index contributed by atoms with van der Waals surface area (Å²) in [4.78, 5) is 2.48. The van der Waals surface area contributed by atoms with E-state index in [4.69, 9.17) is 0 Å². The van der Waals surface area contributed by atoms with Gasteiger partial charge < -0.3 is 15.3 Å². The molecule has 0 radical (unpaired) electrons. The molecule has 0 spiro atoms. The molecule has 1 saturated heterocycles. The Morgan fingerprint density at radius 3 is 2.63 bits per heavy atom. The number of hydrogen-bond donors (Lipinski definition) is 2. The minimum atomic E-state index is -0.317. The highest BCUT2D eigenvalue weighted by Crippen LogP contribution is 2.21. The summed E-state index contributed by atoms with van der Waals surface area (Å²) in [5.41, 5.74) is 3.61. The van der Waals surface area contributed by atoms with Crippen molar-refractivity contribution in [2.45, 2.75) is 32.8 Å². The fraction of sp³-hybridized carbons (Fsp3) is 0.625. The third-order valence-electron chi connectivity index (χ3n) is 4.08. The number of nitrogens with zero attached hydrogens (tertiary/aromatic N) is 1. The van der Waals surface area contributed by atoms with Crippen LogP contribution in [0.4, 0.5) is 0 Å². The van der Waals surface area contributed by atoms with Crippen LogP contribution in [0.15, 0.2) is 18.2 Å². The molecule has 1 atom stereocenters. The summed E-state index contributed by atoms with van der Waals surface area (Å²) >= 11 is 0. The number of benzene rings is 1. The number of aryl methyl sites for hydroxylation is 2. The van der Waals surface area contributed by atoms with Crippen molar-refractivity contribution in [1.82, 2.24) is 10.2 Å². The van der Waals surface area contributed by atoms with Gasteiger partial charge in [0.1, 0.15) is 0 Å². The maximum atomic E-state index is 10.2. The van der Waals surface area contributed by atoms with Crippen molar-refractivity contribution in [3.63, 3.8) is 0 Å². The summed E-state index contributed by atoms with van der Waals surface area (Å²) in [5.74, 6) is 0. The van der Waals surface area contributed by atoms with Crippen LogP contribution in [0, 0.1) is 13.8 Å². The lowest BCUT2D eigenvalue weighted by Gasteiger charge is -2.27. The fourth-order valence-corrected chi connectivity index (χ4v) is 2.58. The highest BCUT2D eigenvalue weighted by molar-refractivity contribution is 5.31. The molecule has 0 aliphatic carbocycles. The van der Waals surface area contributed by atoms with Gasteiger partial charge in [-0.25, -0.2) is 0 Å². The van der Waals surface area contributed by atoms with Crippen LogP contribution < -0.4 is 5.32 Å². The molecule has 2 rings (SSSR count). The van der Waals surface area contributed by atoms with E-state index < -0.39 is 0 Å². The minimum absolute atomic E-state index is 0.317. The molecule has 1 unspecified atom stereocenters. The summed E-state index contributed by atoms with van der Waals surface area (Å²) in [6.45, 7) is 9.78. The molecule has 1 aromatic rings. The zero-order chi connectivity index (χ0) is 13.7. The molecule has 1 aliphatic rings. The fourth-order valence-electron chi connectivity index (χ4n) is 2.58. The number of rotatable bonds is 5. The molecule has 19 heavy (non-hydrogen) atoms. The first kappa shape index (κ1) is 14.5. The van der Waals surface area contributed by atoms with Gasteiger partial charge in [0.2, 0.25) is 0 Å². The third kappa shape index (κ3) is 4.30. The Morgan fingerprint density at radius 1 is 1.21 bits per heavy atom. The topological polar surface area (TPSA) is 35.5 Å². The summed E-state index contributed by atoms with van der Waals surface area (Å²) in [6.07, 6.45) is 1.60. The second-order valence-electron chi connectivity index (χ2n) is 5.59. The molecule has 0 bridgehead atoms. The van der Waals surface area contributed by atoms with Crippen LogP contribution in [0.2, 0.25) is 0 Å². The van der Waals surface area contributed by atoms with Gasteiger partial charge >= 0.3 is 0 Å². The van der Waals surface area contributed by atoms with Gasteiger partial charge in [-0.1, -0.05) is 18.2 Å². The van der Waals surface area contributed by atoms with E-state index in [0.717, 1.165) is 51.1 Å². The summed E-state index contributed by atoms with van der Waals surface area (Å²) in [6, 6.07) is 6.27. The second-order valence-corrected chi connectivity index (χ2v) is 5.59.